The van der Waals surface area contributed by atoms with E-state index >= 15 is 0 Å². The standard InChI is InChI=1S/C22H30N6O2/c1-4-9-19(20(23)27-21(16(3)5-2)28-24-12-13-25-28)22(30)26-18(15-29)14-17-10-7-6-8-11-17/h6-13,18,29H,4-5,14-15H2,1-3H3,(H2,23,27)(H,26,30)/b19-9-,21-16-/t18-/m0/s1. The van der Waals surface area contributed by atoms with Gasteiger partial charge in [-0.3, -0.25) is 4.79 Å². The van der Waals surface area contributed by atoms with Crippen LogP contribution in [0, 0.1) is 0 Å². The summed E-state index contributed by atoms with van der Waals surface area (Å²) in [5.41, 5.74) is 8.45. The molecule has 0 saturated carbocycles. The molecule has 0 aliphatic carbocycles. The quantitative estimate of drug-likeness (QED) is 0.315. The largest absolute Gasteiger partial charge is 0.394 e. The van der Waals surface area contributed by atoms with Gasteiger partial charge < -0.3 is 16.2 Å². The van der Waals surface area contributed by atoms with Gasteiger partial charge in [-0.1, -0.05) is 50.3 Å². The van der Waals surface area contributed by atoms with E-state index in [-0.39, 0.29) is 23.9 Å². The van der Waals surface area contributed by atoms with Crippen LogP contribution in [0.5, 0.6) is 0 Å². The number of amidine groups is 1. The fraction of sp³-hybridized carbons (Fsp3) is 0.364. The monoisotopic (exact) mass is 410 g/mol. The van der Waals surface area contributed by atoms with E-state index in [2.05, 4.69) is 20.5 Å². The van der Waals surface area contributed by atoms with Crippen LogP contribution in [-0.4, -0.2) is 44.5 Å². The highest BCUT2D eigenvalue weighted by Gasteiger charge is 2.19. The van der Waals surface area contributed by atoms with Crippen molar-refractivity contribution in [1.82, 2.24) is 20.3 Å². The molecule has 1 amide bonds. The average Bonchev–Trinajstić information content (AvgIpc) is 3.29. The molecule has 0 aliphatic heterocycles. The topological polar surface area (TPSA) is 118 Å². The molecule has 4 N–H and O–H groups in total. The zero-order valence-corrected chi connectivity index (χ0v) is 17.7. The lowest BCUT2D eigenvalue weighted by Gasteiger charge is -2.18. The maximum absolute atomic E-state index is 12.9. The number of aromatic nitrogens is 3. The lowest BCUT2D eigenvalue weighted by molar-refractivity contribution is -0.118. The number of aliphatic imine (C=N–C) groups is 1. The Kier molecular flexibility index (Phi) is 8.96. The fourth-order valence-electron chi connectivity index (χ4n) is 2.81. The Hall–Kier alpha value is -3.26. The van der Waals surface area contributed by atoms with E-state index in [9.17, 15) is 9.90 Å². The van der Waals surface area contributed by atoms with Crippen molar-refractivity contribution in [3.63, 3.8) is 0 Å². The second-order valence-corrected chi connectivity index (χ2v) is 6.84. The van der Waals surface area contributed by atoms with E-state index in [1.165, 1.54) is 4.80 Å². The van der Waals surface area contributed by atoms with Gasteiger partial charge in [0.15, 0.2) is 5.82 Å². The molecule has 0 fully saturated rings. The maximum Gasteiger partial charge on any atom is 0.255 e. The van der Waals surface area contributed by atoms with Crippen LogP contribution in [0.2, 0.25) is 0 Å². The van der Waals surface area contributed by atoms with Crippen molar-refractivity contribution in [2.75, 3.05) is 6.61 Å². The van der Waals surface area contributed by atoms with Crippen LogP contribution in [-0.2, 0) is 11.2 Å². The first-order valence-electron chi connectivity index (χ1n) is 10.1. The minimum Gasteiger partial charge on any atom is -0.394 e. The van der Waals surface area contributed by atoms with Crippen molar-refractivity contribution >= 4 is 17.6 Å². The highest BCUT2D eigenvalue weighted by atomic mass is 16.3. The minimum absolute atomic E-state index is 0.0749. The van der Waals surface area contributed by atoms with Gasteiger partial charge in [-0.2, -0.15) is 10.2 Å². The van der Waals surface area contributed by atoms with Crippen LogP contribution in [0.1, 0.15) is 39.2 Å². The van der Waals surface area contributed by atoms with Crippen LogP contribution >= 0.6 is 0 Å². The summed E-state index contributed by atoms with van der Waals surface area (Å²) in [5.74, 6) is 0.179. The summed E-state index contributed by atoms with van der Waals surface area (Å²) in [4.78, 5) is 18.8. The first-order chi connectivity index (χ1) is 14.5. The Labute approximate surface area is 177 Å². The van der Waals surface area contributed by atoms with E-state index in [4.69, 9.17) is 5.73 Å². The molecule has 0 radical (unpaired) electrons. The number of carbonyl (C=O) groups excluding carboxylic acids is 1. The number of rotatable bonds is 10. The lowest BCUT2D eigenvalue weighted by atomic mass is 10.1. The zero-order chi connectivity index (χ0) is 21.9. The van der Waals surface area contributed by atoms with Gasteiger partial charge in [0, 0.05) is 0 Å². The molecule has 1 aromatic heterocycles. The number of amides is 1. The number of allylic oxidation sites excluding steroid dienone is 2. The van der Waals surface area contributed by atoms with Crippen molar-refractivity contribution in [3.05, 3.63) is 65.5 Å². The van der Waals surface area contributed by atoms with E-state index in [0.29, 0.717) is 18.7 Å². The van der Waals surface area contributed by atoms with Crippen molar-refractivity contribution in [1.29, 1.82) is 0 Å². The predicted octanol–water partition coefficient (Wildman–Crippen LogP) is 2.29. The van der Waals surface area contributed by atoms with Crippen molar-refractivity contribution in [2.24, 2.45) is 10.7 Å². The number of benzene rings is 1. The van der Waals surface area contributed by atoms with Gasteiger partial charge in [-0.15, -0.1) is 4.80 Å². The Bertz CT molecular complexity index is 901. The Morgan fingerprint density at radius 2 is 1.93 bits per heavy atom. The predicted molar refractivity (Wildman–Crippen MR) is 118 cm³/mol. The van der Waals surface area contributed by atoms with Crippen molar-refractivity contribution in [3.8, 4) is 0 Å². The fourth-order valence-corrected chi connectivity index (χ4v) is 2.81. The van der Waals surface area contributed by atoms with E-state index in [0.717, 1.165) is 17.6 Å². The lowest BCUT2D eigenvalue weighted by Crippen LogP contribution is -2.42. The van der Waals surface area contributed by atoms with Crippen molar-refractivity contribution in [2.45, 2.75) is 46.1 Å². The van der Waals surface area contributed by atoms with Crippen LogP contribution in [0.25, 0.3) is 5.82 Å². The molecule has 8 nitrogen and oxygen atoms in total. The third-order valence-electron chi connectivity index (χ3n) is 4.56. The summed E-state index contributed by atoms with van der Waals surface area (Å²) in [6.07, 6.45) is 6.68. The van der Waals surface area contributed by atoms with Gasteiger partial charge in [0.05, 0.1) is 30.6 Å². The molecule has 1 aromatic carbocycles. The number of aliphatic hydroxyl groups is 1. The number of carbonyl (C=O) groups is 1. The molecule has 0 saturated heterocycles. The maximum atomic E-state index is 12.9. The smallest absolute Gasteiger partial charge is 0.255 e. The van der Waals surface area contributed by atoms with Gasteiger partial charge in [-0.25, -0.2) is 4.99 Å². The van der Waals surface area contributed by atoms with Crippen molar-refractivity contribution < 1.29 is 9.90 Å². The van der Waals surface area contributed by atoms with Gasteiger partial charge >= 0.3 is 0 Å². The van der Waals surface area contributed by atoms with E-state index in [1.807, 2.05) is 51.1 Å². The number of aliphatic hydroxyl groups excluding tert-OH is 1. The third-order valence-corrected chi connectivity index (χ3v) is 4.56. The molecule has 0 spiro atoms. The molecule has 0 unspecified atom stereocenters. The molecule has 2 aromatic rings. The summed E-state index contributed by atoms with van der Waals surface area (Å²) in [5, 5.41) is 20.9. The molecule has 8 heteroatoms. The number of hydrogen-bond acceptors (Lipinski definition) is 5. The number of hydrogen-bond donors (Lipinski definition) is 3. The van der Waals surface area contributed by atoms with Crippen LogP contribution < -0.4 is 11.1 Å². The molecule has 0 bridgehead atoms. The summed E-state index contributed by atoms with van der Waals surface area (Å²) in [7, 11) is 0. The van der Waals surface area contributed by atoms with Crippen LogP contribution in [0.3, 0.4) is 0 Å². The van der Waals surface area contributed by atoms with E-state index < -0.39 is 6.04 Å². The number of nitrogens with two attached hydrogens (primary N) is 1. The van der Waals surface area contributed by atoms with Gasteiger partial charge in [0.25, 0.3) is 5.91 Å². The normalized spacial score (nSPS) is 14.3. The average molecular weight is 411 g/mol. The van der Waals surface area contributed by atoms with Gasteiger partial charge in [-0.05, 0) is 37.3 Å². The van der Waals surface area contributed by atoms with E-state index in [1.54, 1.807) is 18.5 Å². The summed E-state index contributed by atoms with van der Waals surface area (Å²) >= 11 is 0. The highest BCUT2D eigenvalue weighted by Crippen LogP contribution is 2.15. The number of nitrogens with one attached hydrogen (secondary N) is 1. The molecule has 2 rings (SSSR count). The summed E-state index contributed by atoms with van der Waals surface area (Å²) < 4.78 is 0. The molecule has 160 valence electrons. The molecule has 30 heavy (non-hydrogen) atoms. The second-order valence-electron chi connectivity index (χ2n) is 6.84. The summed E-state index contributed by atoms with van der Waals surface area (Å²) in [6, 6.07) is 9.24. The SMILES string of the molecule is CC/C=C(C(=O)N[C@H](CO)Cc1ccccc1)/C(N)=N\C(=C(/C)CC)n1nccn1. The molecule has 0 aliphatic rings. The van der Waals surface area contributed by atoms with Crippen LogP contribution in [0.4, 0.5) is 0 Å². The molecule has 1 heterocycles. The first kappa shape index (κ1) is 23.0. The Morgan fingerprint density at radius 3 is 2.50 bits per heavy atom. The zero-order valence-electron chi connectivity index (χ0n) is 17.7. The number of nitrogens with zero attached hydrogens (tertiary/aromatic N) is 4. The third kappa shape index (κ3) is 6.38. The van der Waals surface area contributed by atoms with Gasteiger partial charge in [0.1, 0.15) is 5.84 Å². The Morgan fingerprint density at radius 1 is 1.27 bits per heavy atom. The Balaban J connectivity index is 2.25. The summed E-state index contributed by atoms with van der Waals surface area (Å²) in [6.45, 7) is 5.64. The second kappa shape index (κ2) is 11.7. The molecular weight excluding hydrogens is 380 g/mol. The van der Waals surface area contributed by atoms with Gasteiger partial charge in [0.2, 0.25) is 0 Å². The highest BCUT2D eigenvalue weighted by molar-refractivity contribution is 6.20. The molecule has 1 atom stereocenters. The first-order valence-corrected chi connectivity index (χ1v) is 10.1. The minimum atomic E-state index is -0.437. The molecular formula is C22H30N6O2. The van der Waals surface area contributed by atoms with Crippen LogP contribution in [0.15, 0.2) is 64.9 Å².